The van der Waals surface area contributed by atoms with Crippen molar-refractivity contribution in [2.24, 2.45) is 0 Å². The van der Waals surface area contributed by atoms with E-state index in [1.54, 1.807) is 7.11 Å². The molecule has 18 heavy (non-hydrogen) atoms. The highest BCUT2D eigenvalue weighted by Crippen LogP contribution is 2.19. The van der Waals surface area contributed by atoms with E-state index in [0.29, 0.717) is 19.8 Å². The fourth-order valence-electron chi connectivity index (χ4n) is 2.62. The van der Waals surface area contributed by atoms with Crippen molar-refractivity contribution in [2.45, 2.75) is 37.3 Å². The number of halogens is 1. The summed E-state index contributed by atoms with van der Waals surface area (Å²) in [5.41, 5.74) is -0.0803. The predicted molar refractivity (Wildman–Crippen MR) is 71.1 cm³/mol. The van der Waals surface area contributed by atoms with Crippen LogP contribution in [0.4, 0.5) is 0 Å². The number of carbonyl (C=O) groups is 1. The molecule has 0 radical (unpaired) electrons. The van der Waals surface area contributed by atoms with Gasteiger partial charge in [-0.25, -0.2) is 0 Å². The molecule has 0 aliphatic carbocycles. The molecule has 0 bridgehead atoms. The minimum absolute atomic E-state index is 0. The Kier molecular flexibility index (Phi) is 6.35. The highest BCUT2D eigenvalue weighted by Gasteiger charge is 2.34. The Hall–Kier alpha value is -0.360. The number of nitrogens with one attached hydrogen (secondary N) is 2. The largest absolute Gasteiger partial charge is 0.383 e. The van der Waals surface area contributed by atoms with E-state index < -0.39 is 0 Å². The molecule has 0 saturated carbocycles. The molecule has 0 aromatic rings. The Labute approximate surface area is 114 Å². The average molecular weight is 279 g/mol. The molecule has 0 spiro atoms. The Bertz CT molecular complexity index is 264. The Morgan fingerprint density at radius 1 is 1.56 bits per heavy atom. The first kappa shape index (κ1) is 15.7. The van der Waals surface area contributed by atoms with Crippen LogP contribution in [0, 0.1) is 0 Å². The van der Waals surface area contributed by atoms with E-state index in [9.17, 15) is 4.79 Å². The molecular weight excluding hydrogens is 256 g/mol. The number of carbonyl (C=O) groups excluding carboxylic acids is 1. The predicted octanol–water partition coefficient (Wildman–Crippen LogP) is 0.472. The summed E-state index contributed by atoms with van der Waals surface area (Å²) in [4.78, 5) is 11.8. The zero-order chi connectivity index (χ0) is 12.1. The van der Waals surface area contributed by atoms with E-state index in [0.717, 1.165) is 32.2 Å². The topological polar surface area (TPSA) is 59.6 Å². The molecule has 2 fully saturated rings. The molecule has 2 heterocycles. The summed E-state index contributed by atoms with van der Waals surface area (Å²) in [6, 6.07) is 0. The molecule has 0 aromatic heterocycles. The quantitative estimate of drug-likeness (QED) is 0.768. The van der Waals surface area contributed by atoms with Crippen molar-refractivity contribution in [3.05, 3.63) is 0 Å². The Morgan fingerprint density at radius 3 is 2.94 bits per heavy atom. The van der Waals surface area contributed by atoms with Crippen molar-refractivity contribution in [1.29, 1.82) is 0 Å². The maximum absolute atomic E-state index is 11.8. The fourth-order valence-corrected chi connectivity index (χ4v) is 2.62. The van der Waals surface area contributed by atoms with Crippen molar-refractivity contribution in [3.63, 3.8) is 0 Å². The van der Waals surface area contributed by atoms with Crippen LogP contribution in [-0.4, -0.2) is 51.0 Å². The van der Waals surface area contributed by atoms with Crippen LogP contribution in [0.1, 0.15) is 25.7 Å². The van der Waals surface area contributed by atoms with Crippen molar-refractivity contribution in [1.82, 2.24) is 10.6 Å². The van der Waals surface area contributed by atoms with Gasteiger partial charge in [-0.2, -0.15) is 0 Å². The number of ether oxygens (including phenoxy) is 2. The van der Waals surface area contributed by atoms with Gasteiger partial charge in [-0.3, -0.25) is 4.79 Å². The van der Waals surface area contributed by atoms with Crippen LogP contribution < -0.4 is 10.6 Å². The van der Waals surface area contributed by atoms with Gasteiger partial charge in [-0.15, -0.1) is 12.4 Å². The molecule has 2 saturated heterocycles. The van der Waals surface area contributed by atoms with Gasteiger partial charge in [-0.05, 0) is 32.2 Å². The third kappa shape index (κ3) is 3.82. The first-order valence-electron chi connectivity index (χ1n) is 6.39. The van der Waals surface area contributed by atoms with Gasteiger partial charge in [0.2, 0.25) is 5.91 Å². The SMILES string of the molecule is COCC1(CNC(=O)C2CCCO2)CCCN1.Cl. The molecule has 2 N–H and O–H groups in total. The minimum atomic E-state index is -0.240. The molecule has 6 heteroatoms. The molecule has 2 rings (SSSR count). The van der Waals surface area contributed by atoms with E-state index in [1.807, 2.05) is 0 Å². The minimum Gasteiger partial charge on any atom is -0.383 e. The molecule has 2 unspecified atom stereocenters. The van der Waals surface area contributed by atoms with Gasteiger partial charge in [0.15, 0.2) is 0 Å². The van der Waals surface area contributed by atoms with E-state index in [4.69, 9.17) is 9.47 Å². The second-order valence-corrected chi connectivity index (χ2v) is 4.96. The van der Waals surface area contributed by atoms with Crippen LogP contribution in [0.5, 0.6) is 0 Å². The smallest absolute Gasteiger partial charge is 0.249 e. The average Bonchev–Trinajstić information content (AvgIpc) is 2.98. The van der Waals surface area contributed by atoms with Crippen molar-refractivity contribution >= 4 is 18.3 Å². The standard InChI is InChI=1S/C12H22N2O3.ClH/c1-16-9-12(5-3-6-14-12)8-13-11(15)10-4-2-7-17-10;/h10,14H,2-9H2,1H3,(H,13,15);1H. The number of hydrogen-bond donors (Lipinski definition) is 2. The van der Waals surface area contributed by atoms with Crippen LogP contribution in [0.3, 0.4) is 0 Å². The highest BCUT2D eigenvalue weighted by molar-refractivity contribution is 5.85. The lowest BCUT2D eigenvalue weighted by Crippen LogP contribution is -2.54. The molecule has 2 aliphatic heterocycles. The molecule has 106 valence electrons. The maximum atomic E-state index is 11.8. The zero-order valence-electron chi connectivity index (χ0n) is 10.9. The van der Waals surface area contributed by atoms with Crippen molar-refractivity contribution in [2.75, 3.05) is 33.4 Å². The van der Waals surface area contributed by atoms with Gasteiger partial charge in [0, 0.05) is 20.3 Å². The molecule has 0 aromatic carbocycles. The van der Waals surface area contributed by atoms with Gasteiger partial charge >= 0.3 is 0 Å². The number of amides is 1. The summed E-state index contributed by atoms with van der Waals surface area (Å²) in [6.07, 6.45) is 3.78. The molecular formula is C12H23ClN2O3. The van der Waals surface area contributed by atoms with Crippen molar-refractivity contribution in [3.8, 4) is 0 Å². The second-order valence-electron chi connectivity index (χ2n) is 4.96. The monoisotopic (exact) mass is 278 g/mol. The van der Waals surface area contributed by atoms with Crippen LogP contribution in [0.25, 0.3) is 0 Å². The van der Waals surface area contributed by atoms with Crippen LogP contribution in [0.2, 0.25) is 0 Å². The van der Waals surface area contributed by atoms with E-state index in [2.05, 4.69) is 10.6 Å². The van der Waals surface area contributed by atoms with Crippen LogP contribution >= 0.6 is 12.4 Å². The zero-order valence-corrected chi connectivity index (χ0v) is 11.7. The van der Waals surface area contributed by atoms with Crippen LogP contribution in [-0.2, 0) is 14.3 Å². The lowest BCUT2D eigenvalue weighted by atomic mass is 9.98. The third-order valence-electron chi connectivity index (χ3n) is 3.58. The number of rotatable bonds is 5. The second kappa shape index (κ2) is 7.28. The van der Waals surface area contributed by atoms with Crippen LogP contribution in [0.15, 0.2) is 0 Å². The number of methoxy groups -OCH3 is 1. The van der Waals surface area contributed by atoms with Crippen molar-refractivity contribution < 1.29 is 14.3 Å². The molecule has 1 amide bonds. The molecule has 2 aliphatic rings. The normalized spacial score (nSPS) is 31.1. The van der Waals surface area contributed by atoms with Gasteiger partial charge < -0.3 is 20.1 Å². The lowest BCUT2D eigenvalue weighted by molar-refractivity contribution is -0.130. The lowest BCUT2D eigenvalue weighted by Gasteiger charge is -2.29. The number of hydrogen-bond acceptors (Lipinski definition) is 4. The summed E-state index contributed by atoms with van der Waals surface area (Å²) in [5.74, 6) is 0.0201. The van der Waals surface area contributed by atoms with Gasteiger partial charge in [-0.1, -0.05) is 0 Å². The van der Waals surface area contributed by atoms with E-state index in [1.165, 1.54) is 0 Å². The maximum Gasteiger partial charge on any atom is 0.249 e. The molecule has 5 nitrogen and oxygen atoms in total. The summed E-state index contributed by atoms with van der Waals surface area (Å²) in [5, 5.41) is 6.42. The fraction of sp³-hybridized carbons (Fsp3) is 0.917. The summed E-state index contributed by atoms with van der Waals surface area (Å²) in [7, 11) is 1.70. The van der Waals surface area contributed by atoms with E-state index >= 15 is 0 Å². The first-order valence-corrected chi connectivity index (χ1v) is 6.39. The van der Waals surface area contributed by atoms with Gasteiger partial charge in [0.05, 0.1) is 12.1 Å². The Morgan fingerprint density at radius 2 is 2.39 bits per heavy atom. The first-order chi connectivity index (χ1) is 8.26. The summed E-state index contributed by atoms with van der Waals surface area (Å²) < 4.78 is 10.6. The van der Waals surface area contributed by atoms with Gasteiger partial charge in [0.1, 0.15) is 6.10 Å². The highest BCUT2D eigenvalue weighted by atomic mass is 35.5. The summed E-state index contributed by atoms with van der Waals surface area (Å²) >= 11 is 0. The third-order valence-corrected chi connectivity index (χ3v) is 3.58. The summed E-state index contributed by atoms with van der Waals surface area (Å²) in [6.45, 7) is 2.97. The van der Waals surface area contributed by atoms with E-state index in [-0.39, 0.29) is 30.0 Å². The Balaban J connectivity index is 0.00000162. The van der Waals surface area contributed by atoms with Gasteiger partial charge in [0.25, 0.3) is 0 Å². The molecule has 2 atom stereocenters.